The number of fused-ring (bicyclic) bond motifs is 1. The first-order chi connectivity index (χ1) is 24.9. The van der Waals surface area contributed by atoms with Crippen molar-refractivity contribution in [2.24, 2.45) is 11.3 Å². The number of rotatable bonds is 14. The Hall–Kier alpha value is -4.72. The predicted octanol–water partition coefficient (Wildman–Crippen LogP) is 4.63. The Labute approximate surface area is 305 Å². The zero-order valence-electron chi connectivity index (χ0n) is 30.5. The number of hydrogen-bond donors (Lipinski definition) is 4. The van der Waals surface area contributed by atoms with Crippen molar-refractivity contribution in [3.8, 4) is 16.9 Å². The minimum absolute atomic E-state index is 0.0717. The first-order valence-electron chi connectivity index (χ1n) is 17.7. The van der Waals surface area contributed by atoms with Crippen LogP contribution in [0, 0.1) is 11.3 Å². The summed E-state index contributed by atoms with van der Waals surface area (Å²) in [6, 6.07) is 17.2. The molecule has 13 nitrogen and oxygen atoms in total. The largest absolute Gasteiger partial charge is 0.497 e. The number of hydrazine groups is 1. The van der Waals surface area contributed by atoms with Crippen LogP contribution in [0.2, 0.25) is 0 Å². The molecule has 5 rings (SSSR count). The van der Waals surface area contributed by atoms with Gasteiger partial charge in [-0.15, -0.1) is 0 Å². The molecule has 2 fully saturated rings. The molecule has 13 heteroatoms. The summed E-state index contributed by atoms with van der Waals surface area (Å²) in [4.78, 5) is 43.6. The number of carbonyl (C=O) groups is 3. The summed E-state index contributed by atoms with van der Waals surface area (Å²) in [5.41, 5.74) is 5.78. The van der Waals surface area contributed by atoms with Crippen LogP contribution in [0.15, 0.2) is 73.1 Å². The average Bonchev–Trinajstić information content (AvgIpc) is 3.76. The molecule has 0 bridgehead atoms. The Bertz CT molecular complexity index is 1620. The third kappa shape index (κ3) is 10.4. The monoisotopic (exact) mass is 717 g/mol. The van der Waals surface area contributed by atoms with Crippen LogP contribution in [0.25, 0.3) is 11.1 Å². The molecule has 1 saturated carbocycles. The van der Waals surface area contributed by atoms with Gasteiger partial charge in [-0.25, -0.2) is 14.6 Å². The van der Waals surface area contributed by atoms with E-state index in [1.54, 1.807) is 24.5 Å². The van der Waals surface area contributed by atoms with E-state index >= 15 is 0 Å². The van der Waals surface area contributed by atoms with Gasteiger partial charge >= 0.3 is 12.2 Å². The lowest BCUT2D eigenvalue weighted by Crippen LogP contribution is -2.59. The average molecular weight is 718 g/mol. The van der Waals surface area contributed by atoms with Gasteiger partial charge in [-0.3, -0.25) is 15.2 Å². The number of ether oxygens (including phenoxy) is 4. The van der Waals surface area contributed by atoms with Crippen LogP contribution in [0.3, 0.4) is 0 Å². The summed E-state index contributed by atoms with van der Waals surface area (Å²) in [6.07, 6.45) is 3.88. The minimum Gasteiger partial charge on any atom is -0.497 e. The number of pyridine rings is 1. The maximum atomic E-state index is 13.9. The lowest BCUT2D eigenvalue weighted by Gasteiger charge is -2.34. The third-order valence-electron chi connectivity index (χ3n) is 9.68. The van der Waals surface area contributed by atoms with E-state index in [2.05, 4.69) is 21.0 Å². The van der Waals surface area contributed by atoms with Crippen molar-refractivity contribution >= 4 is 18.1 Å². The van der Waals surface area contributed by atoms with Crippen molar-refractivity contribution in [3.05, 3.63) is 84.2 Å². The summed E-state index contributed by atoms with van der Waals surface area (Å²) >= 11 is 0. The quantitative estimate of drug-likeness (QED) is 0.173. The van der Waals surface area contributed by atoms with Gasteiger partial charge in [-0.2, -0.15) is 0 Å². The molecule has 280 valence electrons. The zero-order chi connectivity index (χ0) is 37.3. The highest BCUT2D eigenvalue weighted by atomic mass is 16.6. The van der Waals surface area contributed by atoms with Gasteiger partial charge in [-0.1, -0.05) is 69.7 Å². The number of benzene rings is 2. The predicted molar refractivity (Wildman–Crippen MR) is 194 cm³/mol. The number of methoxy groups -OCH3 is 2. The number of aliphatic hydroxyl groups excluding tert-OH is 1. The molecule has 0 radical (unpaired) electrons. The molecule has 3 aromatic rings. The molecule has 2 heterocycles. The lowest BCUT2D eigenvalue weighted by molar-refractivity contribution is -0.127. The molecule has 4 N–H and O–H groups in total. The summed E-state index contributed by atoms with van der Waals surface area (Å²) in [5, 5.41) is 19.1. The first-order valence-corrected chi connectivity index (χ1v) is 17.7. The molecule has 1 aromatic heterocycles. The van der Waals surface area contributed by atoms with E-state index in [-0.39, 0.29) is 37.6 Å². The maximum absolute atomic E-state index is 13.9. The highest BCUT2D eigenvalue weighted by Crippen LogP contribution is 2.37. The van der Waals surface area contributed by atoms with Gasteiger partial charge in [-0.05, 0) is 65.1 Å². The second-order valence-electron chi connectivity index (χ2n) is 14.5. The van der Waals surface area contributed by atoms with Crippen LogP contribution in [0.5, 0.6) is 5.75 Å². The molecule has 1 saturated heterocycles. The van der Waals surface area contributed by atoms with Crippen molar-refractivity contribution in [2.75, 3.05) is 27.4 Å². The first kappa shape index (κ1) is 38.5. The standard InChI is InChI=1S/C39H51N5O8/c1-39(2,3)35(42-37(47)50-5)36(46)41-31(20-25-11-15-27(16-12-25)28-8-7-19-40-21-28)32(45)23-44(22-26-13-17-29(49-4)18-14-26)43-38(48)52-34-24-51-33-10-6-9-30(33)34/h7-8,11-19,21,30-35,45H,6,9-10,20,22-24H2,1-5H3,(H,41,46)(H,42,47)(H,43,48). The summed E-state index contributed by atoms with van der Waals surface area (Å²) in [7, 11) is 2.82. The van der Waals surface area contributed by atoms with E-state index in [9.17, 15) is 19.5 Å². The summed E-state index contributed by atoms with van der Waals surface area (Å²) in [5.74, 6) is 0.363. The van der Waals surface area contributed by atoms with Crippen molar-refractivity contribution < 1.29 is 38.4 Å². The molecule has 1 aliphatic carbocycles. The van der Waals surface area contributed by atoms with Gasteiger partial charge in [0.25, 0.3) is 0 Å². The number of nitrogens with one attached hydrogen (secondary N) is 3. The van der Waals surface area contributed by atoms with E-state index in [4.69, 9.17) is 18.9 Å². The highest BCUT2D eigenvalue weighted by molar-refractivity contribution is 5.86. The van der Waals surface area contributed by atoms with E-state index in [0.29, 0.717) is 12.4 Å². The molecule has 52 heavy (non-hydrogen) atoms. The molecule has 0 spiro atoms. The lowest BCUT2D eigenvalue weighted by atomic mass is 9.85. The Morgan fingerprint density at radius 1 is 0.962 bits per heavy atom. The van der Waals surface area contributed by atoms with Crippen LogP contribution in [-0.2, 0) is 32.0 Å². The number of aliphatic hydroxyl groups is 1. The number of alkyl carbamates (subject to hydrolysis) is 1. The molecule has 6 atom stereocenters. The minimum atomic E-state index is -1.19. The van der Waals surface area contributed by atoms with Gasteiger partial charge in [0.2, 0.25) is 5.91 Å². The van der Waals surface area contributed by atoms with Crippen LogP contribution in [0.1, 0.15) is 51.2 Å². The number of aromatic nitrogens is 1. The van der Waals surface area contributed by atoms with Crippen LogP contribution >= 0.6 is 0 Å². The molecule has 2 aromatic carbocycles. The molecule has 2 aliphatic rings. The van der Waals surface area contributed by atoms with Gasteiger partial charge in [0, 0.05) is 31.4 Å². The zero-order valence-corrected chi connectivity index (χ0v) is 30.5. The van der Waals surface area contributed by atoms with E-state index in [1.165, 1.54) is 7.11 Å². The SMILES string of the molecule is COC(=O)NC(C(=O)NC(Cc1ccc(-c2cccnc2)cc1)C(O)CN(Cc1ccc(OC)cc1)NC(=O)OC1COC2CCCC21)C(C)(C)C. The molecule has 3 amide bonds. The third-order valence-corrected chi connectivity index (χ3v) is 9.68. The van der Waals surface area contributed by atoms with Crippen molar-refractivity contribution in [1.29, 1.82) is 0 Å². The summed E-state index contributed by atoms with van der Waals surface area (Å²) < 4.78 is 21.8. The topological polar surface area (TPSA) is 161 Å². The Morgan fingerprint density at radius 3 is 2.35 bits per heavy atom. The van der Waals surface area contributed by atoms with Gasteiger partial charge in [0.05, 0.1) is 39.1 Å². The molecular weight excluding hydrogens is 666 g/mol. The normalized spacial score (nSPS) is 19.9. The number of hydrogen-bond acceptors (Lipinski definition) is 10. The second-order valence-corrected chi connectivity index (χ2v) is 14.5. The van der Waals surface area contributed by atoms with Crippen molar-refractivity contribution in [1.82, 2.24) is 26.1 Å². The highest BCUT2D eigenvalue weighted by Gasteiger charge is 2.43. The fourth-order valence-corrected chi connectivity index (χ4v) is 6.82. The van der Waals surface area contributed by atoms with Crippen LogP contribution < -0.4 is 20.8 Å². The van der Waals surface area contributed by atoms with E-state index in [1.807, 2.05) is 81.4 Å². The van der Waals surface area contributed by atoms with E-state index < -0.39 is 41.7 Å². The van der Waals surface area contributed by atoms with Crippen molar-refractivity contribution in [3.63, 3.8) is 0 Å². The number of amides is 3. The fraction of sp³-hybridized carbons (Fsp3) is 0.487. The number of nitrogens with zero attached hydrogens (tertiary/aromatic N) is 2. The fourth-order valence-electron chi connectivity index (χ4n) is 6.82. The Balaban J connectivity index is 1.37. The Morgan fingerprint density at radius 2 is 1.69 bits per heavy atom. The molecule has 6 unspecified atom stereocenters. The van der Waals surface area contributed by atoms with E-state index in [0.717, 1.165) is 41.5 Å². The van der Waals surface area contributed by atoms with Gasteiger partial charge < -0.3 is 34.7 Å². The number of carbonyl (C=O) groups excluding carboxylic acids is 3. The summed E-state index contributed by atoms with van der Waals surface area (Å²) in [6.45, 7) is 5.98. The van der Waals surface area contributed by atoms with Crippen molar-refractivity contribution in [2.45, 2.75) is 83.4 Å². The van der Waals surface area contributed by atoms with Gasteiger partial charge in [0.15, 0.2) is 0 Å². The smallest absolute Gasteiger partial charge is 0.422 e. The van der Waals surface area contributed by atoms with Crippen LogP contribution in [-0.4, -0.2) is 91.0 Å². The molecule has 1 aliphatic heterocycles. The van der Waals surface area contributed by atoms with Crippen LogP contribution in [0.4, 0.5) is 9.59 Å². The molecular formula is C39H51N5O8. The maximum Gasteiger partial charge on any atom is 0.422 e. The van der Waals surface area contributed by atoms with Gasteiger partial charge in [0.1, 0.15) is 17.9 Å². The Kier molecular flexibility index (Phi) is 13.1. The second kappa shape index (κ2) is 17.7.